The van der Waals surface area contributed by atoms with Crippen LogP contribution in [0.5, 0.6) is 0 Å². The summed E-state index contributed by atoms with van der Waals surface area (Å²) in [7, 11) is 0. The zero-order chi connectivity index (χ0) is 30.5. The molecule has 0 atom stereocenters. The van der Waals surface area contributed by atoms with Crippen molar-refractivity contribution in [2.45, 2.75) is 0 Å². The Morgan fingerprint density at radius 2 is 0.870 bits per heavy atom. The maximum absolute atomic E-state index is 5.31. The van der Waals surface area contributed by atoms with E-state index in [2.05, 4.69) is 138 Å². The quantitative estimate of drug-likeness (QED) is 0.193. The van der Waals surface area contributed by atoms with Gasteiger partial charge in [-0.25, -0.2) is 9.97 Å². The van der Waals surface area contributed by atoms with Crippen LogP contribution in [-0.2, 0) is 0 Å². The normalized spacial score (nSPS) is 11.5. The second kappa shape index (κ2) is 10.8. The van der Waals surface area contributed by atoms with Crippen LogP contribution in [0.2, 0.25) is 0 Å². The van der Waals surface area contributed by atoms with E-state index in [0.717, 1.165) is 39.2 Å². The summed E-state index contributed by atoms with van der Waals surface area (Å²) in [6, 6.07) is 53.6. The predicted molar refractivity (Wildman–Crippen MR) is 192 cm³/mol. The summed E-state index contributed by atoms with van der Waals surface area (Å²) in [5, 5.41) is 9.93. The van der Waals surface area contributed by atoms with Crippen molar-refractivity contribution < 1.29 is 0 Å². The van der Waals surface area contributed by atoms with Crippen molar-refractivity contribution in [1.29, 1.82) is 0 Å². The Bertz CT molecular complexity index is 2570. The van der Waals surface area contributed by atoms with E-state index >= 15 is 0 Å². The summed E-state index contributed by atoms with van der Waals surface area (Å²) >= 11 is 0. The van der Waals surface area contributed by atoms with Crippen LogP contribution in [0.1, 0.15) is 0 Å². The Kier molecular flexibility index (Phi) is 6.14. The molecule has 0 radical (unpaired) electrons. The zero-order valence-corrected chi connectivity index (χ0v) is 24.9. The molecule has 9 rings (SSSR count). The highest BCUT2D eigenvalue weighted by Gasteiger charge is 2.18. The number of hydrogen-bond donors (Lipinski definition) is 0. The number of nitrogens with zero attached hydrogens (tertiary/aromatic N) is 3. The molecule has 46 heavy (non-hydrogen) atoms. The highest BCUT2D eigenvalue weighted by Crippen LogP contribution is 2.43. The Labute approximate surface area is 266 Å². The van der Waals surface area contributed by atoms with Crippen molar-refractivity contribution >= 4 is 43.1 Å². The predicted octanol–water partition coefficient (Wildman–Crippen LogP) is 11.2. The maximum atomic E-state index is 5.31. The lowest BCUT2D eigenvalue weighted by molar-refractivity contribution is 1.19. The first-order valence-corrected chi connectivity index (χ1v) is 15.5. The van der Waals surface area contributed by atoms with Crippen molar-refractivity contribution in [3.63, 3.8) is 0 Å². The van der Waals surface area contributed by atoms with Gasteiger partial charge in [0.25, 0.3) is 0 Å². The van der Waals surface area contributed by atoms with Crippen LogP contribution in [-0.4, -0.2) is 15.0 Å². The van der Waals surface area contributed by atoms with Gasteiger partial charge in [0.2, 0.25) is 0 Å². The van der Waals surface area contributed by atoms with E-state index in [-0.39, 0.29) is 0 Å². The second-order valence-electron chi connectivity index (χ2n) is 11.6. The molecule has 0 fully saturated rings. The molecule has 0 N–H and O–H groups in total. The molecule has 0 bridgehead atoms. The average Bonchev–Trinajstić information content (AvgIpc) is 3.15. The van der Waals surface area contributed by atoms with E-state index in [1.807, 2.05) is 30.6 Å². The molecule has 0 saturated heterocycles. The summed E-state index contributed by atoms with van der Waals surface area (Å²) in [5.41, 5.74) is 7.11. The Hall–Kier alpha value is -6.19. The minimum Gasteiger partial charge on any atom is -0.265 e. The maximum Gasteiger partial charge on any atom is 0.160 e. The molecule has 0 unspecified atom stereocenters. The fourth-order valence-electron chi connectivity index (χ4n) is 6.83. The monoisotopic (exact) mass is 585 g/mol. The number of hydrogen-bond acceptors (Lipinski definition) is 3. The van der Waals surface area contributed by atoms with Crippen molar-refractivity contribution in [3.05, 3.63) is 164 Å². The topological polar surface area (TPSA) is 38.7 Å². The molecule has 2 aromatic heterocycles. The lowest BCUT2D eigenvalue weighted by Gasteiger charge is -2.17. The molecule has 0 saturated carbocycles. The van der Waals surface area contributed by atoms with Crippen LogP contribution < -0.4 is 0 Å². The van der Waals surface area contributed by atoms with Gasteiger partial charge in [-0.05, 0) is 84.5 Å². The van der Waals surface area contributed by atoms with E-state index in [9.17, 15) is 0 Å². The number of benzene rings is 7. The first-order valence-electron chi connectivity index (χ1n) is 15.5. The summed E-state index contributed by atoms with van der Waals surface area (Å²) in [6.07, 6.45) is 3.65. The lowest BCUT2D eigenvalue weighted by Crippen LogP contribution is -1.97. The minimum atomic E-state index is 0.694. The summed E-state index contributed by atoms with van der Waals surface area (Å²) < 4.78 is 0. The van der Waals surface area contributed by atoms with Crippen molar-refractivity contribution in [2.24, 2.45) is 0 Å². The van der Waals surface area contributed by atoms with E-state index in [1.54, 1.807) is 0 Å². The molecule has 0 aliphatic carbocycles. The molecular formula is C43H27N3. The molecule has 214 valence electrons. The first-order chi connectivity index (χ1) is 22.8. The van der Waals surface area contributed by atoms with Crippen molar-refractivity contribution in [1.82, 2.24) is 15.0 Å². The van der Waals surface area contributed by atoms with Crippen LogP contribution >= 0.6 is 0 Å². The molecule has 0 amide bonds. The van der Waals surface area contributed by atoms with Crippen LogP contribution in [0.15, 0.2) is 164 Å². The van der Waals surface area contributed by atoms with Gasteiger partial charge in [0.1, 0.15) is 0 Å². The molecule has 3 nitrogen and oxygen atoms in total. The molecule has 0 aliphatic heterocycles. The summed E-state index contributed by atoms with van der Waals surface area (Å²) in [5.74, 6) is 0.694. The number of rotatable bonds is 4. The fraction of sp³-hybridized carbons (Fsp3) is 0. The van der Waals surface area contributed by atoms with E-state index in [1.165, 1.54) is 43.1 Å². The number of aromatic nitrogens is 3. The molecule has 9 aromatic rings. The minimum absolute atomic E-state index is 0.694. The first kappa shape index (κ1) is 26.2. The Balaban J connectivity index is 1.36. The smallest absolute Gasteiger partial charge is 0.160 e. The molecule has 0 spiro atoms. The fourth-order valence-corrected chi connectivity index (χ4v) is 6.83. The van der Waals surface area contributed by atoms with Gasteiger partial charge in [-0.3, -0.25) is 4.98 Å². The standard InChI is InChI=1S/C43H27N3/c1-2-11-29(12-3-1)40-27-41(46-43(45-40)31-14-10-13-30(25-31)28-21-23-44-24-22-28)38-26-39-34-17-5-4-15-32(34)33-16-6-8-19-36(33)42(39)37-20-9-7-18-35(37)38/h1-27H. The van der Waals surface area contributed by atoms with Gasteiger partial charge >= 0.3 is 0 Å². The molecule has 0 aliphatic rings. The van der Waals surface area contributed by atoms with Gasteiger partial charge in [-0.1, -0.05) is 121 Å². The third-order valence-electron chi connectivity index (χ3n) is 8.95. The molecule has 3 heteroatoms. The lowest BCUT2D eigenvalue weighted by atomic mass is 9.88. The highest BCUT2D eigenvalue weighted by molar-refractivity contribution is 6.32. The van der Waals surface area contributed by atoms with Crippen molar-refractivity contribution in [2.75, 3.05) is 0 Å². The van der Waals surface area contributed by atoms with Gasteiger partial charge in [0.15, 0.2) is 5.82 Å². The Morgan fingerprint density at radius 1 is 0.326 bits per heavy atom. The molecular weight excluding hydrogens is 558 g/mol. The van der Waals surface area contributed by atoms with Gasteiger partial charge in [-0.2, -0.15) is 0 Å². The average molecular weight is 586 g/mol. The van der Waals surface area contributed by atoms with Gasteiger partial charge in [0.05, 0.1) is 11.4 Å². The zero-order valence-electron chi connectivity index (χ0n) is 24.9. The van der Waals surface area contributed by atoms with Crippen molar-refractivity contribution in [3.8, 4) is 45.0 Å². The Morgan fingerprint density at radius 3 is 1.61 bits per heavy atom. The van der Waals surface area contributed by atoms with Crippen LogP contribution in [0.25, 0.3) is 88.1 Å². The van der Waals surface area contributed by atoms with Gasteiger partial charge < -0.3 is 0 Å². The number of pyridine rings is 1. The van der Waals surface area contributed by atoms with Crippen LogP contribution in [0.4, 0.5) is 0 Å². The molecule has 2 heterocycles. The highest BCUT2D eigenvalue weighted by atomic mass is 14.9. The van der Waals surface area contributed by atoms with Crippen LogP contribution in [0, 0.1) is 0 Å². The number of fused-ring (bicyclic) bond motifs is 8. The van der Waals surface area contributed by atoms with E-state index in [0.29, 0.717) is 5.82 Å². The van der Waals surface area contributed by atoms with E-state index in [4.69, 9.17) is 9.97 Å². The largest absolute Gasteiger partial charge is 0.265 e. The third-order valence-corrected chi connectivity index (χ3v) is 8.95. The summed E-state index contributed by atoms with van der Waals surface area (Å²) in [4.78, 5) is 14.7. The SMILES string of the molecule is c1ccc(-c2cc(-c3cc4c5ccccc5c5ccccc5c4c4ccccc34)nc(-c3cccc(-c4ccncc4)c3)n2)cc1. The van der Waals surface area contributed by atoms with Gasteiger partial charge in [-0.15, -0.1) is 0 Å². The molecule has 7 aromatic carbocycles. The third kappa shape index (κ3) is 4.33. The second-order valence-corrected chi connectivity index (χ2v) is 11.6. The van der Waals surface area contributed by atoms with E-state index < -0.39 is 0 Å². The van der Waals surface area contributed by atoms with Crippen LogP contribution in [0.3, 0.4) is 0 Å². The van der Waals surface area contributed by atoms with Gasteiger partial charge in [0, 0.05) is 29.1 Å². The summed E-state index contributed by atoms with van der Waals surface area (Å²) in [6.45, 7) is 0.